The lowest BCUT2D eigenvalue weighted by atomic mass is 10.1. The predicted octanol–water partition coefficient (Wildman–Crippen LogP) is -0.0357. The highest BCUT2D eigenvalue weighted by molar-refractivity contribution is 5.81. The highest BCUT2D eigenvalue weighted by Gasteiger charge is 2.13. The molecule has 2 aromatic rings. The molecule has 3 N–H and O–H groups in total. The Morgan fingerprint density at radius 2 is 2.16 bits per heavy atom. The van der Waals surface area contributed by atoms with Gasteiger partial charge >= 0.3 is 0 Å². The number of rotatable bonds is 6. The maximum absolute atomic E-state index is 11.8. The molecule has 0 bridgehead atoms. The Bertz CT molecular complexity index is 497. The molecule has 1 atom stereocenters. The van der Waals surface area contributed by atoms with Crippen LogP contribution in [0.15, 0.2) is 42.7 Å². The van der Waals surface area contributed by atoms with E-state index in [2.05, 4.69) is 15.6 Å². The van der Waals surface area contributed by atoms with Crippen LogP contribution in [-0.2, 0) is 17.8 Å². The van der Waals surface area contributed by atoms with Gasteiger partial charge in [-0.05, 0) is 12.0 Å². The Kier molecular flexibility index (Phi) is 4.63. The molecule has 0 radical (unpaired) electrons. The number of hydrogen-bond donors (Lipinski definition) is 2. The zero-order valence-electron chi connectivity index (χ0n) is 10.6. The lowest BCUT2D eigenvalue weighted by Gasteiger charge is -2.12. The van der Waals surface area contributed by atoms with Crippen molar-refractivity contribution in [1.29, 1.82) is 0 Å². The van der Waals surface area contributed by atoms with Crippen molar-refractivity contribution in [2.45, 2.75) is 19.0 Å². The first-order valence-corrected chi connectivity index (χ1v) is 6.17. The summed E-state index contributed by atoms with van der Waals surface area (Å²) in [6.07, 6.45) is 3.88. The van der Waals surface area contributed by atoms with E-state index in [9.17, 15) is 4.79 Å². The van der Waals surface area contributed by atoms with E-state index < -0.39 is 6.04 Å². The summed E-state index contributed by atoms with van der Waals surface area (Å²) in [6.45, 7) is 1.08. The lowest BCUT2D eigenvalue weighted by Crippen LogP contribution is -2.43. The number of benzene rings is 1. The van der Waals surface area contributed by atoms with Crippen LogP contribution in [0, 0.1) is 0 Å². The second-order valence-electron chi connectivity index (χ2n) is 4.25. The van der Waals surface area contributed by atoms with Gasteiger partial charge in [-0.2, -0.15) is 0 Å². The Morgan fingerprint density at radius 3 is 2.84 bits per heavy atom. The van der Waals surface area contributed by atoms with Crippen LogP contribution in [0.4, 0.5) is 0 Å². The zero-order valence-corrected chi connectivity index (χ0v) is 10.6. The van der Waals surface area contributed by atoms with Crippen molar-refractivity contribution in [3.8, 4) is 0 Å². The third kappa shape index (κ3) is 4.18. The molecule has 0 aliphatic rings. The molecule has 1 unspecified atom stereocenters. The Labute approximate surface area is 111 Å². The molecular weight excluding hydrogens is 242 g/mol. The first-order valence-electron chi connectivity index (χ1n) is 6.17. The quantitative estimate of drug-likeness (QED) is 0.762. The largest absolute Gasteiger partial charge is 0.353 e. The van der Waals surface area contributed by atoms with Crippen LogP contribution in [0.3, 0.4) is 0 Å². The van der Waals surface area contributed by atoms with Crippen LogP contribution in [0.25, 0.3) is 0 Å². The summed E-state index contributed by atoms with van der Waals surface area (Å²) in [6, 6.07) is 9.20. The second kappa shape index (κ2) is 6.65. The third-order valence-electron chi connectivity index (χ3n) is 2.75. The molecule has 0 aliphatic carbocycles. The first-order chi connectivity index (χ1) is 9.25. The summed E-state index contributed by atoms with van der Waals surface area (Å²) >= 11 is 0. The molecule has 1 aromatic carbocycles. The monoisotopic (exact) mass is 259 g/mol. The van der Waals surface area contributed by atoms with Gasteiger partial charge < -0.3 is 11.1 Å². The molecule has 1 amide bonds. The maximum Gasteiger partial charge on any atom is 0.237 e. The molecule has 19 heavy (non-hydrogen) atoms. The topological polar surface area (TPSA) is 85.8 Å². The number of hydrogen-bond acceptors (Lipinski definition) is 4. The van der Waals surface area contributed by atoms with E-state index in [1.165, 1.54) is 0 Å². The average molecular weight is 259 g/mol. The van der Waals surface area contributed by atoms with Crippen molar-refractivity contribution >= 4 is 5.91 Å². The molecule has 0 fully saturated rings. The van der Waals surface area contributed by atoms with E-state index in [4.69, 9.17) is 5.73 Å². The minimum Gasteiger partial charge on any atom is -0.353 e. The van der Waals surface area contributed by atoms with Gasteiger partial charge in [0, 0.05) is 12.7 Å². The minimum atomic E-state index is -0.529. The van der Waals surface area contributed by atoms with Crippen molar-refractivity contribution in [1.82, 2.24) is 20.3 Å². The number of aromatic nitrogens is 3. The van der Waals surface area contributed by atoms with Gasteiger partial charge in [0.1, 0.15) is 0 Å². The van der Waals surface area contributed by atoms with Crippen LogP contribution < -0.4 is 11.1 Å². The number of nitrogens with two attached hydrogens (primary N) is 1. The second-order valence-corrected chi connectivity index (χ2v) is 4.25. The highest BCUT2D eigenvalue weighted by Crippen LogP contribution is 2.01. The van der Waals surface area contributed by atoms with Gasteiger partial charge in [0.05, 0.1) is 18.8 Å². The minimum absolute atomic E-state index is 0.149. The molecule has 1 aromatic heterocycles. The number of amides is 1. The molecule has 0 saturated heterocycles. The smallest absolute Gasteiger partial charge is 0.237 e. The molecular formula is C13H17N5O. The Hall–Kier alpha value is -2.21. The van der Waals surface area contributed by atoms with E-state index in [1.54, 1.807) is 17.1 Å². The van der Waals surface area contributed by atoms with Gasteiger partial charge in [0.2, 0.25) is 5.91 Å². The number of nitrogens with one attached hydrogen (secondary N) is 1. The van der Waals surface area contributed by atoms with Crippen molar-refractivity contribution in [3.05, 3.63) is 48.3 Å². The van der Waals surface area contributed by atoms with Crippen LogP contribution in [0.1, 0.15) is 5.56 Å². The number of carbonyl (C=O) groups is 1. The molecule has 100 valence electrons. The summed E-state index contributed by atoms with van der Waals surface area (Å²) in [5.41, 5.74) is 6.92. The van der Waals surface area contributed by atoms with Crippen molar-refractivity contribution in [2.75, 3.05) is 6.54 Å². The summed E-state index contributed by atoms with van der Waals surface area (Å²) in [4.78, 5) is 11.8. The fraction of sp³-hybridized carbons (Fsp3) is 0.308. The first kappa shape index (κ1) is 13.2. The van der Waals surface area contributed by atoms with Gasteiger partial charge in [0.15, 0.2) is 0 Å². The van der Waals surface area contributed by atoms with Crippen molar-refractivity contribution in [2.24, 2.45) is 5.73 Å². The maximum atomic E-state index is 11.8. The molecule has 1 heterocycles. The molecule has 2 rings (SSSR count). The van der Waals surface area contributed by atoms with Crippen LogP contribution in [0.2, 0.25) is 0 Å². The van der Waals surface area contributed by atoms with E-state index >= 15 is 0 Å². The van der Waals surface area contributed by atoms with Gasteiger partial charge in [-0.25, -0.2) is 0 Å². The van der Waals surface area contributed by atoms with Crippen LogP contribution in [-0.4, -0.2) is 33.5 Å². The van der Waals surface area contributed by atoms with Crippen LogP contribution >= 0.6 is 0 Å². The molecule has 0 saturated carbocycles. The fourth-order valence-corrected chi connectivity index (χ4v) is 1.74. The van der Waals surface area contributed by atoms with Crippen molar-refractivity contribution in [3.63, 3.8) is 0 Å². The Balaban J connectivity index is 1.73. The molecule has 6 heteroatoms. The molecule has 6 nitrogen and oxygen atoms in total. The van der Waals surface area contributed by atoms with Crippen LogP contribution in [0.5, 0.6) is 0 Å². The van der Waals surface area contributed by atoms with Gasteiger partial charge in [0.25, 0.3) is 0 Å². The normalized spacial score (nSPS) is 12.1. The highest BCUT2D eigenvalue weighted by atomic mass is 16.2. The summed E-state index contributed by atoms with van der Waals surface area (Å²) in [5, 5.41) is 10.3. The summed E-state index contributed by atoms with van der Waals surface area (Å²) in [5.74, 6) is -0.149. The lowest BCUT2D eigenvalue weighted by molar-refractivity contribution is -0.122. The average Bonchev–Trinajstić information content (AvgIpc) is 2.93. The fourth-order valence-electron chi connectivity index (χ4n) is 1.74. The SMILES string of the molecule is NC(Cc1ccccc1)C(=O)NCCn1ccnn1. The summed E-state index contributed by atoms with van der Waals surface area (Å²) in [7, 11) is 0. The van der Waals surface area contributed by atoms with E-state index in [1.807, 2.05) is 30.3 Å². The van der Waals surface area contributed by atoms with E-state index in [-0.39, 0.29) is 5.91 Å². The number of nitrogens with zero attached hydrogens (tertiary/aromatic N) is 3. The predicted molar refractivity (Wildman–Crippen MR) is 71.2 cm³/mol. The van der Waals surface area contributed by atoms with Gasteiger partial charge in [-0.3, -0.25) is 9.48 Å². The summed E-state index contributed by atoms with van der Waals surface area (Å²) < 4.78 is 1.66. The standard InChI is InChI=1S/C13H17N5O/c14-12(10-11-4-2-1-3-5-11)13(19)15-6-8-18-9-7-16-17-18/h1-5,7,9,12H,6,8,10,14H2,(H,15,19). The molecule has 0 spiro atoms. The van der Waals surface area contributed by atoms with E-state index in [0.29, 0.717) is 19.5 Å². The van der Waals surface area contributed by atoms with Crippen molar-refractivity contribution < 1.29 is 4.79 Å². The van der Waals surface area contributed by atoms with Gasteiger partial charge in [-0.15, -0.1) is 5.10 Å². The zero-order chi connectivity index (χ0) is 13.5. The van der Waals surface area contributed by atoms with Gasteiger partial charge in [-0.1, -0.05) is 35.5 Å². The Morgan fingerprint density at radius 1 is 1.37 bits per heavy atom. The number of carbonyl (C=O) groups excluding carboxylic acids is 1. The third-order valence-corrected chi connectivity index (χ3v) is 2.75. The van der Waals surface area contributed by atoms with E-state index in [0.717, 1.165) is 5.56 Å². The molecule has 0 aliphatic heterocycles.